The lowest BCUT2D eigenvalue weighted by molar-refractivity contribution is 0.199. The van der Waals surface area contributed by atoms with E-state index in [1.807, 2.05) is 36.4 Å². The monoisotopic (exact) mass is 619 g/mol. The van der Waals surface area contributed by atoms with Crippen LogP contribution in [0.15, 0.2) is 91.1 Å². The number of para-hydroxylation sites is 1. The van der Waals surface area contributed by atoms with Gasteiger partial charge in [0.05, 0.1) is 13.4 Å². The summed E-state index contributed by atoms with van der Waals surface area (Å²) in [5.41, 5.74) is 2.61. The molecular weight excluding hydrogens is 585 g/mol. The van der Waals surface area contributed by atoms with Gasteiger partial charge >= 0.3 is 6.03 Å². The summed E-state index contributed by atoms with van der Waals surface area (Å²) in [6.45, 7) is 2.27. The number of likely N-dealkylation sites (tertiary alicyclic amines) is 1. The van der Waals surface area contributed by atoms with Crippen molar-refractivity contribution in [2.75, 3.05) is 41.4 Å². The molecule has 0 unspecified atom stereocenters. The van der Waals surface area contributed by atoms with Crippen LogP contribution in [0.5, 0.6) is 17.4 Å². The first-order valence-electron chi connectivity index (χ1n) is 14.1. The van der Waals surface area contributed by atoms with Crippen molar-refractivity contribution >= 4 is 33.1 Å². The summed E-state index contributed by atoms with van der Waals surface area (Å²) in [6.07, 6.45) is 4.40. The number of anilines is 3. The van der Waals surface area contributed by atoms with E-state index in [9.17, 15) is 17.6 Å². The molecule has 2 heterocycles. The first-order chi connectivity index (χ1) is 21.2. The fourth-order valence-electron chi connectivity index (χ4n) is 5.09. The number of pyridine rings is 1. The Morgan fingerprint density at radius 3 is 2.32 bits per heavy atom. The molecule has 0 aliphatic carbocycles. The van der Waals surface area contributed by atoms with Crippen LogP contribution in [0.3, 0.4) is 0 Å². The van der Waals surface area contributed by atoms with E-state index < -0.39 is 15.8 Å². The number of rotatable bonds is 10. The number of aromatic nitrogens is 1. The number of carbonyl (C=O) groups is 1. The van der Waals surface area contributed by atoms with Crippen LogP contribution >= 0.6 is 0 Å². The Morgan fingerprint density at radius 2 is 1.70 bits per heavy atom. The van der Waals surface area contributed by atoms with Crippen LogP contribution in [0.1, 0.15) is 18.4 Å². The maximum Gasteiger partial charge on any atom is 0.326 e. The Labute approximate surface area is 256 Å². The molecular formula is C32H34FN5O5S. The van der Waals surface area contributed by atoms with Gasteiger partial charge in [0.1, 0.15) is 5.75 Å². The summed E-state index contributed by atoms with van der Waals surface area (Å²) in [5, 5.41) is 2.85. The minimum Gasteiger partial charge on any atom is -0.494 e. The van der Waals surface area contributed by atoms with Gasteiger partial charge in [-0.2, -0.15) is 0 Å². The molecule has 5 rings (SSSR count). The summed E-state index contributed by atoms with van der Waals surface area (Å²) in [7, 11) is -1.95. The number of halogens is 1. The number of carbonyl (C=O) groups excluding carboxylic acids is 1. The van der Waals surface area contributed by atoms with Gasteiger partial charge in [-0.1, -0.05) is 24.3 Å². The number of hydrogen-bond acceptors (Lipinski definition) is 7. The van der Waals surface area contributed by atoms with Gasteiger partial charge in [-0.15, -0.1) is 0 Å². The second kappa shape index (κ2) is 13.7. The minimum atomic E-state index is -3.35. The highest BCUT2D eigenvalue weighted by Gasteiger charge is 2.29. The maximum absolute atomic E-state index is 14.3. The van der Waals surface area contributed by atoms with Crippen molar-refractivity contribution in [1.29, 1.82) is 0 Å². The van der Waals surface area contributed by atoms with Crippen LogP contribution in [0.4, 0.5) is 26.2 Å². The third-order valence-corrected chi connectivity index (χ3v) is 7.77. The van der Waals surface area contributed by atoms with Crippen molar-refractivity contribution in [2.45, 2.75) is 25.4 Å². The summed E-state index contributed by atoms with van der Waals surface area (Å²) in [5.74, 6) is 0.536. The van der Waals surface area contributed by atoms with Crippen LogP contribution in [0.25, 0.3) is 0 Å². The van der Waals surface area contributed by atoms with Gasteiger partial charge in [0, 0.05) is 61.1 Å². The highest BCUT2D eigenvalue weighted by atomic mass is 32.2. The molecule has 1 aliphatic rings. The number of sulfonamides is 1. The van der Waals surface area contributed by atoms with Gasteiger partial charge < -0.3 is 14.8 Å². The van der Waals surface area contributed by atoms with Crippen LogP contribution in [0.2, 0.25) is 0 Å². The molecule has 0 saturated carbocycles. The van der Waals surface area contributed by atoms with E-state index in [1.54, 1.807) is 47.5 Å². The molecule has 1 saturated heterocycles. The SMILES string of the molecule is COc1ccc(NC(=O)N(c2ccccc2)C2CCN(Cc3ccc(Oc4ccc(NS(C)(=O)=O)cc4)nc3)CC2)cc1F. The number of ether oxygens (including phenoxy) is 2. The normalized spacial score (nSPS) is 14.1. The lowest BCUT2D eigenvalue weighted by Gasteiger charge is -2.38. The second-order valence-corrected chi connectivity index (χ2v) is 12.2. The van der Waals surface area contributed by atoms with Gasteiger partial charge in [0.15, 0.2) is 11.6 Å². The summed E-state index contributed by atoms with van der Waals surface area (Å²) in [4.78, 5) is 22.0. The van der Waals surface area contributed by atoms with Crippen molar-refractivity contribution < 1.29 is 27.1 Å². The van der Waals surface area contributed by atoms with Crippen molar-refractivity contribution in [2.24, 2.45) is 0 Å². The minimum absolute atomic E-state index is 0.0373. The second-order valence-electron chi connectivity index (χ2n) is 10.5. The topological polar surface area (TPSA) is 113 Å². The summed E-state index contributed by atoms with van der Waals surface area (Å²) >= 11 is 0. The van der Waals surface area contributed by atoms with Gasteiger partial charge in [-0.3, -0.25) is 14.5 Å². The first-order valence-corrected chi connectivity index (χ1v) is 16.0. The van der Waals surface area contributed by atoms with E-state index >= 15 is 0 Å². The molecule has 3 aromatic carbocycles. The van der Waals surface area contributed by atoms with Crippen LogP contribution in [-0.4, -0.2) is 56.8 Å². The maximum atomic E-state index is 14.3. The van der Waals surface area contributed by atoms with E-state index in [-0.39, 0.29) is 17.8 Å². The number of amides is 2. The molecule has 0 bridgehead atoms. The van der Waals surface area contributed by atoms with Gasteiger partial charge in [0.2, 0.25) is 15.9 Å². The van der Waals surface area contributed by atoms with E-state index in [0.29, 0.717) is 29.5 Å². The zero-order chi connectivity index (χ0) is 31.1. The van der Waals surface area contributed by atoms with Crippen molar-refractivity contribution in [3.05, 3.63) is 103 Å². The highest BCUT2D eigenvalue weighted by molar-refractivity contribution is 7.92. The molecule has 4 aromatic rings. The van der Waals surface area contributed by atoms with Crippen molar-refractivity contribution in [3.63, 3.8) is 0 Å². The van der Waals surface area contributed by atoms with E-state index in [0.717, 1.165) is 43.4 Å². The van der Waals surface area contributed by atoms with Crippen LogP contribution < -0.4 is 24.4 Å². The highest BCUT2D eigenvalue weighted by Crippen LogP contribution is 2.28. The molecule has 1 fully saturated rings. The van der Waals surface area contributed by atoms with E-state index in [4.69, 9.17) is 9.47 Å². The molecule has 0 spiro atoms. The molecule has 1 aromatic heterocycles. The number of nitrogens with one attached hydrogen (secondary N) is 2. The zero-order valence-electron chi connectivity index (χ0n) is 24.4. The Morgan fingerprint density at radius 1 is 1.00 bits per heavy atom. The largest absolute Gasteiger partial charge is 0.494 e. The van der Waals surface area contributed by atoms with Crippen molar-refractivity contribution in [3.8, 4) is 17.4 Å². The Kier molecular flexibility index (Phi) is 9.61. The molecule has 0 radical (unpaired) electrons. The average molecular weight is 620 g/mol. The lowest BCUT2D eigenvalue weighted by Crippen LogP contribution is -2.49. The third-order valence-electron chi connectivity index (χ3n) is 7.16. The molecule has 0 atom stereocenters. The number of hydrogen-bond donors (Lipinski definition) is 2. The summed E-state index contributed by atoms with van der Waals surface area (Å²) in [6, 6.07) is 23.8. The molecule has 44 heavy (non-hydrogen) atoms. The molecule has 10 nitrogen and oxygen atoms in total. The third kappa shape index (κ3) is 8.23. The molecule has 230 valence electrons. The van der Waals surface area contributed by atoms with E-state index in [1.165, 1.54) is 19.2 Å². The number of nitrogens with zero attached hydrogens (tertiary/aromatic N) is 3. The van der Waals surface area contributed by atoms with Crippen LogP contribution in [-0.2, 0) is 16.6 Å². The number of urea groups is 1. The van der Waals surface area contributed by atoms with E-state index in [2.05, 4.69) is 19.9 Å². The number of benzene rings is 3. The first kappa shape index (κ1) is 30.8. The van der Waals surface area contributed by atoms with Gasteiger partial charge in [-0.05, 0) is 66.9 Å². The number of methoxy groups -OCH3 is 1. The predicted molar refractivity (Wildman–Crippen MR) is 168 cm³/mol. The number of piperidine rings is 1. The Bertz CT molecular complexity index is 1660. The van der Waals surface area contributed by atoms with Crippen molar-refractivity contribution in [1.82, 2.24) is 9.88 Å². The smallest absolute Gasteiger partial charge is 0.326 e. The molecule has 12 heteroatoms. The van der Waals surface area contributed by atoms with Gasteiger partial charge in [-0.25, -0.2) is 22.6 Å². The van der Waals surface area contributed by atoms with Gasteiger partial charge in [0.25, 0.3) is 0 Å². The lowest BCUT2D eigenvalue weighted by atomic mass is 10.0. The molecule has 2 amide bonds. The fourth-order valence-corrected chi connectivity index (χ4v) is 5.66. The Balaban J connectivity index is 1.17. The Hall–Kier alpha value is -4.68. The fraction of sp³-hybridized carbons (Fsp3) is 0.250. The quantitative estimate of drug-likeness (QED) is 0.221. The molecule has 1 aliphatic heterocycles. The average Bonchev–Trinajstić information content (AvgIpc) is 3.00. The predicted octanol–water partition coefficient (Wildman–Crippen LogP) is 6.10. The summed E-state index contributed by atoms with van der Waals surface area (Å²) < 4.78 is 50.2. The standard InChI is InChI=1S/C32H34FN5O5S/c1-42-30-14-11-25(20-29(30)33)35-32(39)38(26-6-4-3-5-7-26)27-16-18-37(19-17-27)22-23-8-15-31(34-21-23)43-28-12-9-24(10-13-28)36-44(2,40)41/h3-15,20-21,27,36H,16-19,22H2,1-2H3,(H,35,39). The zero-order valence-corrected chi connectivity index (χ0v) is 25.3. The molecule has 2 N–H and O–H groups in total. The van der Waals surface area contributed by atoms with Crippen LogP contribution in [0, 0.1) is 5.82 Å².